The predicted molar refractivity (Wildman–Crippen MR) is 53.4 cm³/mol. The second kappa shape index (κ2) is 6.33. The lowest BCUT2D eigenvalue weighted by Gasteiger charge is -1.99. The predicted octanol–water partition coefficient (Wildman–Crippen LogP) is 2.49. The lowest BCUT2D eigenvalue weighted by atomic mass is 10.5. The van der Waals surface area contributed by atoms with Crippen molar-refractivity contribution in [2.45, 2.75) is 16.8 Å². The van der Waals surface area contributed by atoms with E-state index in [1.807, 2.05) is 13.0 Å². The molecule has 0 aliphatic heterocycles. The fraction of sp³-hybridized carbons (Fsp3) is 0.429. The SMILES string of the molecule is COOSc1cc(C)[nH]c1SOOC. The molecule has 1 rings (SSSR count). The summed E-state index contributed by atoms with van der Waals surface area (Å²) in [5.74, 6) is 0. The maximum absolute atomic E-state index is 4.74. The highest BCUT2D eigenvalue weighted by molar-refractivity contribution is 7.97. The summed E-state index contributed by atoms with van der Waals surface area (Å²) in [7, 11) is 2.90. The zero-order valence-corrected chi connectivity index (χ0v) is 9.66. The molecule has 7 heteroatoms. The minimum absolute atomic E-state index is 0.811. The van der Waals surface area contributed by atoms with Gasteiger partial charge in [-0.05, 0) is 13.0 Å². The molecule has 0 aliphatic carbocycles. The van der Waals surface area contributed by atoms with Gasteiger partial charge in [-0.2, -0.15) is 8.67 Å². The Balaban J connectivity index is 2.60. The molecule has 0 spiro atoms. The van der Waals surface area contributed by atoms with Crippen molar-refractivity contribution in [2.75, 3.05) is 14.2 Å². The van der Waals surface area contributed by atoms with Crippen LogP contribution in [0.25, 0.3) is 0 Å². The molecule has 14 heavy (non-hydrogen) atoms. The van der Waals surface area contributed by atoms with Crippen LogP contribution in [-0.2, 0) is 18.4 Å². The second-order valence-corrected chi connectivity index (χ2v) is 3.74. The van der Waals surface area contributed by atoms with E-state index in [1.165, 1.54) is 14.2 Å². The van der Waals surface area contributed by atoms with Gasteiger partial charge in [0.05, 0.1) is 43.2 Å². The highest BCUT2D eigenvalue weighted by Crippen LogP contribution is 2.32. The molecule has 0 aromatic carbocycles. The van der Waals surface area contributed by atoms with Gasteiger partial charge in [0.15, 0.2) is 0 Å². The van der Waals surface area contributed by atoms with E-state index in [-0.39, 0.29) is 0 Å². The molecule has 1 aromatic rings. The van der Waals surface area contributed by atoms with Gasteiger partial charge < -0.3 is 4.98 Å². The van der Waals surface area contributed by atoms with Gasteiger partial charge in [0.25, 0.3) is 0 Å². The van der Waals surface area contributed by atoms with Gasteiger partial charge in [0.2, 0.25) is 0 Å². The molecule has 0 fully saturated rings. The summed E-state index contributed by atoms with van der Waals surface area (Å²) in [6, 6.07) is 1.92. The Morgan fingerprint density at radius 3 is 2.43 bits per heavy atom. The summed E-state index contributed by atoms with van der Waals surface area (Å²) < 4.78 is 9.47. The van der Waals surface area contributed by atoms with E-state index >= 15 is 0 Å². The van der Waals surface area contributed by atoms with E-state index in [1.54, 1.807) is 0 Å². The summed E-state index contributed by atoms with van der Waals surface area (Å²) in [6.45, 7) is 1.94. The van der Waals surface area contributed by atoms with Gasteiger partial charge in [0, 0.05) is 5.69 Å². The van der Waals surface area contributed by atoms with Crippen LogP contribution in [0.1, 0.15) is 5.69 Å². The van der Waals surface area contributed by atoms with Crippen LogP contribution >= 0.6 is 24.1 Å². The smallest absolute Gasteiger partial charge is 0.120 e. The van der Waals surface area contributed by atoms with Crippen LogP contribution in [0.2, 0.25) is 0 Å². The van der Waals surface area contributed by atoms with E-state index in [2.05, 4.69) is 14.8 Å². The number of hydrogen-bond acceptors (Lipinski definition) is 6. The zero-order valence-electron chi connectivity index (χ0n) is 8.03. The van der Waals surface area contributed by atoms with Gasteiger partial charge in [0.1, 0.15) is 5.03 Å². The van der Waals surface area contributed by atoms with Crippen LogP contribution in [0.15, 0.2) is 16.0 Å². The minimum Gasteiger partial charge on any atom is -0.351 e. The highest BCUT2D eigenvalue weighted by Gasteiger charge is 2.09. The molecule has 0 atom stereocenters. The van der Waals surface area contributed by atoms with Crippen molar-refractivity contribution >= 4 is 24.1 Å². The lowest BCUT2D eigenvalue weighted by Crippen LogP contribution is -1.81. The average molecular weight is 237 g/mol. The maximum Gasteiger partial charge on any atom is 0.120 e. The molecule has 0 saturated carbocycles. The molecule has 0 radical (unpaired) electrons. The number of H-pyrrole nitrogens is 1. The fourth-order valence-corrected chi connectivity index (χ4v) is 1.98. The maximum atomic E-state index is 4.74. The Bertz CT molecular complexity index is 253. The molecular formula is C7H11NO4S2. The minimum atomic E-state index is 0.811. The van der Waals surface area contributed by atoms with Gasteiger partial charge in [-0.15, -0.1) is 0 Å². The first-order chi connectivity index (χ1) is 6.77. The number of nitrogens with one attached hydrogen (secondary N) is 1. The Kier molecular flexibility index (Phi) is 5.38. The van der Waals surface area contributed by atoms with E-state index < -0.39 is 0 Å². The molecule has 1 N–H and O–H groups in total. The molecule has 80 valence electrons. The standard InChI is InChI=1S/C7H11NO4S2/c1-5-4-6(13-11-9-2)7(8-5)14-12-10-3/h4,8H,1-3H3. The van der Waals surface area contributed by atoms with Crippen molar-refractivity contribution in [2.24, 2.45) is 0 Å². The van der Waals surface area contributed by atoms with Crippen LogP contribution in [0.3, 0.4) is 0 Å². The van der Waals surface area contributed by atoms with Crippen LogP contribution in [0, 0.1) is 6.92 Å². The summed E-state index contributed by atoms with van der Waals surface area (Å²) in [6.07, 6.45) is 0. The van der Waals surface area contributed by atoms with E-state index in [0.717, 1.165) is 39.7 Å². The molecule has 0 amide bonds. The largest absolute Gasteiger partial charge is 0.351 e. The molecular weight excluding hydrogens is 226 g/mol. The molecule has 0 saturated heterocycles. The van der Waals surface area contributed by atoms with Crippen molar-refractivity contribution in [3.8, 4) is 0 Å². The van der Waals surface area contributed by atoms with Crippen LogP contribution < -0.4 is 0 Å². The summed E-state index contributed by atoms with van der Waals surface area (Å²) in [5, 5.41) is 0.811. The number of aromatic amines is 1. The summed E-state index contributed by atoms with van der Waals surface area (Å²) in [4.78, 5) is 12.9. The van der Waals surface area contributed by atoms with Gasteiger partial charge in [-0.3, -0.25) is 0 Å². The number of aromatic nitrogens is 1. The van der Waals surface area contributed by atoms with Crippen molar-refractivity contribution in [3.05, 3.63) is 11.8 Å². The zero-order chi connectivity index (χ0) is 10.4. The van der Waals surface area contributed by atoms with Crippen molar-refractivity contribution < 1.29 is 18.4 Å². The third-order valence-electron chi connectivity index (χ3n) is 1.26. The summed E-state index contributed by atoms with van der Waals surface area (Å²) in [5.41, 5.74) is 1.01. The topological polar surface area (TPSA) is 52.7 Å². The molecule has 0 bridgehead atoms. The van der Waals surface area contributed by atoms with Gasteiger partial charge in [-0.25, -0.2) is 9.78 Å². The third-order valence-corrected chi connectivity index (χ3v) is 2.79. The molecule has 1 heterocycles. The monoisotopic (exact) mass is 237 g/mol. The molecule has 0 unspecified atom stereocenters. The molecule has 5 nitrogen and oxygen atoms in total. The second-order valence-electron chi connectivity index (χ2n) is 2.28. The van der Waals surface area contributed by atoms with Crippen LogP contribution in [0.5, 0.6) is 0 Å². The quantitative estimate of drug-likeness (QED) is 0.466. The Morgan fingerprint density at radius 2 is 1.79 bits per heavy atom. The Labute approximate surface area is 90.7 Å². The highest BCUT2D eigenvalue weighted by atomic mass is 32.2. The van der Waals surface area contributed by atoms with Crippen molar-refractivity contribution in [1.29, 1.82) is 0 Å². The molecule has 0 aliphatic rings. The lowest BCUT2D eigenvalue weighted by molar-refractivity contribution is -0.161. The Hall–Kier alpha value is -0.180. The summed E-state index contributed by atoms with van der Waals surface area (Å²) >= 11 is 2.19. The fourth-order valence-electron chi connectivity index (χ4n) is 0.801. The third kappa shape index (κ3) is 3.52. The van der Waals surface area contributed by atoms with Crippen LogP contribution in [0.4, 0.5) is 0 Å². The van der Waals surface area contributed by atoms with Gasteiger partial charge in [-0.1, -0.05) is 0 Å². The van der Waals surface area contributed by atoms with Gasteiger partial charge >= 0.3 is 0 Å². The van der Waals surface area contributed by atoms with E-state index in [9.17, 15) is 0 Å². The average Bonchev–Trinajstić information content (AvgIpc) is 2.52. The first-order valence-corrected chi connectivity index (χ1v) is 5.20. The van der Waals surface area contributed by atoms with Crippen molar-refractivity contribution in [3.63, 3.8) is 0 Å². The van der Waals surface area contributed by atoms with E-state index in [0.29, 0.717) is 0 Å². The first-order valence-electron chi connectivity index (χ1n) is 3.72. The number of rotatable bonds is 6. The first kappa shape index (κ1) is 11.9. The molecule has 1 aromatic heterocycles. The Morgan fingerprint density at radius 1 is 1.14 bits per heavy atom. The van der Waals surface area contributed by atoms with E-state index in [4.69, 9.17) is 8.67 Å². The van der Waals surface area contributed by atoms with Crippen molar-refractivity contribution in [1.82, 2.24) is 4.98 Å². The number of hydrogen-bond donors (Lipinski definition) is 1. The number of aryl methyl sites for hydroxylation is 1. The van der Waals surface area contributed by atoms with Crippen LogP contribution in [-0.4, -0.2) is 19.2 Å². The normalized spacial score (nSPS) is 10.8.